The van der Waals surface area contributed by atoms with Gasteiger partial charge in [0.1, 0.15) is 4.83 Å². The Balaban J connectivity index is 2.35. The molecule has 0 fully saturated rings. The van der Waals surface area contributed by atoms with E-state index in [1.807, 2.05) is 0 Å². The molecular formula is C12H8F2N4OS. The molecule has 3 heterocycles. The Morgan fingerprint density at radius 1 is 1.30 bits per heavy atom. The van der Waals surface area contributed by atoms with Crippen LogP contribution in [0, 0.1) is 18.8 Å². The number of pyridine rings is 1. The number of nitrogens with zero attached hydrogens (tertiary/aromatic N) is 2. The van der Waals surface area contributed by atoms with Crippen molar-refractivity contribution in [3.05, 3.63) is 39.9 Å². The van der Waals surface area contributed by atoms with E-state index < -0.39 is 11.9 Å². The van der Waals surface area contributed by atoms with E-state index >= 15 is 0 Å². The Bertz CT molecular complexity index is 887. The highest BCUT2D eigenvalue weighted by atomic mass is 32.1. The summed E-state index contributed by atoms with van der Waals surface area (Å²) in [7, 11) is 0. The molecule has 0 aromatic carbocycles. The number of aromatic nitrogens is 3. The number of aromatic amines is 1. The summed E-state index contributed by atoms with van der Waals surface area (Å²) in [6.45, 7) is 1.67. The lowest BCUT2D eigenvalue weighted by atomic mass is 10.1. The molecule has 102 valence electrons. The Morgan fingerprint density at radius 2 is 2.05 bits per heavy atom. The van der Waals surface area contributed by atoms with Crippen molar-refractivity contribution in [2.45, 2.75) is 6.92 Å². The van der Waals surface area contributed by atoms with Crippen molar-refractivity contribution in [2.75, 3.05) is 5.73 Å². The highest BCUT2D eigenvalue weighted by molar-refractivity contribution is 7.22. The van der Waals surface area contributed by atoms with E-state index in [-0.39, 0.29) is 17.1 Å². The Labute approximate surface area is 115 Å². The topological polar surface area (TPSA) is 84.7 Å². The fourth-order valence-electron chi connectivity index (χ4n) is 2.00. The first kappa shape index (κ1) is 12.7. The highest BCUT2D eigenvalue weighted by Gasteiger charge is 2.18. The zero-order valence-corrected chi connectivity index (χ0v) is 11.0. The summed E-state index contributed by atoms with van der Waals surface area (Å²) in [4.78, 5) is 22.3. The van der Waals surface area contributed by atoms with Gasteiger partial charge in [0.05, 0.1) is 5.39 Å². The lowest BCUT2D eigenvalue weighted by Gasteiger charge is -2.00. The summed E-state index contributed by atoms with van der Waals surface area (Å²) in [6.07, 6.45) is 0. The standard InChI is InChI=1S/C12H8F2N4OS/c1-4-7-10(19)17-12(15)18-11(7)20-8(4)5-2-3-6(13)16-9(5)14/h2-3H,1H3,(H3,15,17,18,19). The number of nitrogens with one attached hydrogen (secondary N) is 1. The molecule has 8 heteroatoms. The van der Waals surface area contributed by atoms with Gasteiger partial charge in [-0.05, 0) is 24.6 Å². The molecule has 0 bridgehead atoms. The van der Waals surface area contributed by atoms with Crippen LogP contribution in [0.1, 0.15) is 5.56 Å². The van der Waals surface area contributed by atoms with Gasteiger partial charge in [-0.2, -0.15) is 13.8 Å². The maximum atomic E-state index is 13.7. The van der Waals surface area contributed by atoms with Crippen molar-refractivity contribution >= 4 is 27.5 Å². The minimum absolute atomic E-state index is 0.00648. The van der Waals surface area contributed by atoms with E-state index in [9.17, 15) is 13.6 Å². The van der Waals surface area contributed by atoms with Crippen molar-refractivity contribution < 1.29 is 8.78 Å². The van der Waals surface area contributed by atoms with Crippen LogP contribution in [0.3, 0.4) is 0 Å². The summed E-state index contributed by atoms with van der Waals surface area (Å²) in [5, 5.41) is 0.350. The average molecular weight is 294 g/mol. The van der Waals surface area contributed by atoms with Crippen molar-refractivity contribution in [2.24, 2.45) is 0 Å². The zero-order valence-electron chi connectivity index (χ0n) is 10.2. The van der Waals surface area contributed by atoms with Crippen LogP contribution < -0.4 is 11.3 Å². The van der Waals surface area contributed by atoms with Crippen molar-refractivity contribution in [3.8, 4) is 10.4 Å². The molecule has 3 aromatic heterocycles. The van der Waals surface area contributed by atoms with E-state index in [1.165, 1.54) is 6.07 Å². The van der Waals surface area contributed by atoms with Gasteiger partial charge in [-0.1, -0.05) is 0 Å². The molecule has 3 rings (SSSR count). The van der Waals surface area contributed by atoms with Gasteiger partial charge < -0.3 is 5.73 Å². The third kappa shape index (κ3) is 1.85. The highest BCUT2D eigenvalue weighted by Crippen LogP contribution is 2.36. The number of nitrogens with two attached hydrogens (primary N) is 1. The number of hydrogen-bond acceptors (Lipinski definition) is 5. The van der Waals surface area contributed by atoms with Crippen LogP contribution in [0.2, 0.25) is 0 Å². The number of rotatable bonds is 1. The van der Waals surface area contributed by atoms with Crippen LogP contribution in [-0.4, -0.2) is 15.0 Å². The monoisotopic (exact) mass is 294 g/mol. The lowest BCUT2D eigenvalue weighted by Crippen LogP contribution is -2.10. The van der Waals surface area contributed by atoms with Crippen LogP contribution in [-0.2, 0) is 0 Å². The number of hydrogen-bond donors (Lipinski definition) is 2. The molecule has 5 nitrogen and oxygen atoms in total. The molecule has 0 saturated carbocycles. The Morgan fingerprint density at radius 3 is 2.75 bits per heavy atom. The molecule has 3 N–H and O–H groups in total. The van der Waals surface area contributed by atoms with Gasteiger partial charge in [0.25, 0.3) is 5.56 Å². The Kier molecular flexibility index (Phi) is 2.75. The second kappa shape index (κ2) is 4.34. The molecule has 0 spiro atoms. The number of aryl methyl sites for hydroxylation is 1. The average Bonchev–Trinajstić information content (AvgIpc) is 2.66. The Hall–Kier alpha value is -2.35. The number of halogens is 2. The SMILES string of the molecule is Cc1c(-c2ccc(F)nc2F)sc2nc(N)[nH]c(=O)c12. The lowest BCUT2D eigenvalue weighted by molar-refractivity contribution is 0.515. The largest absolute Gasteiger partial charge is 0.369 e. The molecule has 0 unspecified atom stereocenters. The van der Waals surface area contributed by atoms with Crippen molar-refractivity contribution in [1.82, 2.24) is 15.0 Å². The van der Waals surface area contributed by atoms with Crippen LogP contribution in [0.5, 0.6) is 0 Å². The number of anilines is 1. The van der Waals surface area contributed by atoms with E-state index in [2.05, 4.69) is 15.0 Å². The first-order valence-electron chi connectivity index (χ1n) is 5.58. The van der Waals surface area contributed by atoms with E-state index in [0.29, 0.717) is 20.7 Å². The maximum Gasteiger partial charge on any atom is 0.261 e. The predicted octanol–water partition coefficient (Wildman–Crippen LogP) is 2.22. The van der Waals surface area contributed by atoms with Gasteiger partial charge in [0, 0.05) is 10.4 Å². The molecule has 0 radical (unpaired) electrons. The molecule has 0 amide bonds. The minimum Gasteiger partial charge on any atom is -0.369 e. The quantitative estimate of drug-likeness (QED) is 0.674. The fourth-order valence-corrected chi connectivity index (χ4v) is 3.20. The minimum atomic E-state index is -0.927. The fraction of sp³-hybridized carbons (Fsp3) is 0.0833. The number of fused-ring (bicyclic) bond motifs is 1. The van der Waals surface area contributed by atoms with Gasteiger partial charge in [-0.15, -0.1) is 11.3 Å². The first-order valence-corrected chi connectivity index (χ1v) is 6.40. The second-order valence-electron chi connectivity index (χ2n) is 4.16. The van der Waals surface area contributed by atoms with Gasteiger partial charge in [-0.25, -0.2) is 4.98 Å². The number of H-pyrrole nitrogens is 1. The zero-order chi connectivity index (χ0) is 14.4. The molecule has 20 heavy (non-hydrogen) atoms. The normalized spacial score (nSPS) is 11.2. The molecular weight excluding hydrogens is 286 g/mol. The smallest absolute Gasteiger partial charge is 0.261 e. The summed E-state index contributed by atoms with van der Waals surface area (Å²) in [5.41, 5.74) is 5.78. The third-order valence-electron chi connectivity index (χ3n) is 2.88. The van der Waals surface area contributed by atoms with Crippen LogP contribution in [0.4, 0.5) is 14.7 Å². The first-order chi connectivity index (χ1) is 9.47. The second-order valence-corrected chi connectivity index (χ2v) is 5.16. The predicted molar refractivity (Wildman–Crippen MR) is 72.5 cm³/mol. The van der Waals surface area contributed by atoms with Gasteiger partial charge >= 0.3 is 0 Å². The van der Waals surface area contributed by atoms with Crippen molar-refractivity contribution in [1.29, 1.82) is 0 Å². The molecule has 0 atom stereocenters. The van der Waals surface area contributed by atoms with E-state index in [4.69, 9.17) is 5.73 Å². The van der Waals surface area contributed by atoms with Crippen LogP contribution in [0.15, 0.2) is 16.9 Å². The van der Waals surface area contributed by atoms with E-state index in [0.717, 1.165) is 17.4 Å². The third-order valence-corrected chi connectivity index (χ3v) is 4.10. The van der Waals surface area contributed by atoms with Gasteiger partial charge in [0.2, 0.25) is 17.8 Å². The van der Waals surface area contributed by atoms with E-state index in [1.54, 1.807) is 6.92 Å². The van der Waals surface area contributed by atoms with Crippen molar-refractivity contribution in [3.63, 3.8) is 0 Å². The van der Waals surface area contributed by atoms with Crippen LogP contribution >= 0.6 is 11.3 Å². The number of thiophene rings is 1. The molecule has 0 aliphatic heterocycles. The summed E-state index contributed by atoms with van der Waals surface area (Å²) in [5.74, 6) is -1.83. The summed E-state index contributed by atoms with van der Waals surface area (Å²) < 4.78 is 26.6. The van der Waals surface area contributed by atoms with Crippen LogP contribution in [0.25, 0.3) is 20.7 Å². The maximum absolute atomic E-state index is 13.7. The molecule has 3 aromatic rings. The summed E-state index contributed by atoms with van der Waals surface area (Å²) >= 11 is 1.11. The van der Waals surface area contributed by atoms with Gasteiger partial charge in [-0.3, -0.25) is 9.78 Å². The van der Waals surface area contributed by atoms with Gasteiger partial charge in [0.15, 0.2) is 0 Å². The summed E-state index contributed by atoms with van der Waals surface area (Å²) in [6, 6.07) is 2.35. The molecule has 0 aliphatic rings. The molecule has 0 aliphatic carbocycles. The number of nitrogen functional groups attached to an aromatic ring is 1. The molecule has 0 saturated heterocycles.